The molecule has 0 saturated carbocycles. The van der Waals surface area contributed by atoms with E-state index in [0.29, 0.717) is 13.1 Å². The van der Waals surface area contributed by atoms with Crippen LogP contribution in [0.3, 0.4) is 0 Å². The molecule has 0 radical (unpaired) electrons. The maximum absolute atomic E-state index is 12.4. The van der Waals surface area contributed by atoms with Crippen LogP contribution in [-0.4, -0.2) is 55.3 Å². The number of aliphatic imine (C=N–C) groups is 1. The Hall–Kier alpha value is -2.83. The van der Waals surface area contributed by atoms with E-state index in [4.69, 9.17) is 0 Å². The Morgan fingerprint density at radius 2 is 2.08 bits per heavy atom. The zero-order chi connectivity index (χ0) is 18.8. The van der Waals surface area contributed by atoms with Crippen molar-refractivity contribution in [2.75, 3.05) is 32.7 Å². The largest absolute Gasteiger partial charge is 0.383 e. The summed E-state index contributed by atoms with van der Waals surface area (Å²) in [6.45, 7) is 8.48. The average molecular weight is 357 g/mol. The Kier molecular flexibility index (Phi) is 7.67. The van der Waals surface area contributed by atoms with Gasteiger partial charge in [0.25, 0.3) is 0 Å². The van der Waals surface area contributed by atoms with Gasteiger partial charge >= 0.3 is 0 Å². The molecular formula is C19H27N5O2. The lowest BCUT2D eigenvalue weighted by Gasteiger charge is -2.22. The molecule has 0 saturated heterocycles. The van der Waals surface area contributed by atoms with E-state index in [1.807, 2.05) is 31.2 Å². The van der Waals surface area contributed by atoms with Gasteiger partial charge in [0.15, 0.2) is 0 Å². The van der Waals surface area contributed by atoms with Crippen LogP contribution in [0.5, 0.6) is 0 Å². The number of carbonyl (C=O) groups excluding carboxylic acids is 2. The van der Waals surface area contributed by atoms with E-state index in [1.165, 1.54) is 6.20 Å². The van der Waals surface area contributed by atoms with Crippen LogP contribution in [0.2, 0.25) is 0 Å². The molecule has 2 amide bonds. The number of amides is 2. The standard InChI is InChI=1S/C19H27N5O2/c1-3-11-24(18(26)13-23-17(25)12-20-4-2)14-15-5-7-16(8-6-15)19-21-9-10-22-19/h4-8,20H,2-3,9-14H2,1H3,(H,21,22)(H,23,25). The van der Waals surface area contributed by atoms with E-state index in [-0.39, 0.29) is 24.9 Å². The first kappa shape index (κ1) is 19.5. The van der Waals surface area contributed by atoms with E-state index < -0.39 is 0 Å². The quantitative estimate of drug-likeness (QED) is 0.573. The SMILES string of the molecule is C=CNCC(=O)NCC(=O)N(CCC)Cc1ccc(C2=NCCN2)cc1. The summed E-state index contributed by atoms with van der Waals surface area (Å²) in [5.41, 5.74) is 2.11. The Balaban J connectivity index is 1.90. The fourth-order valence-corrected chi connectivity index (χ4v) is 2.65. The Bertz CT molecular complexity index is 654. The third kappa shape index (κ3) is 5.91. The van der Waals surface area contributed by atoms with E-state index in [1.54, 1.807) is 4.90 Å². The molecule has 0 spiro atoms. The molecule has 3 N–H and O–H groups in total. The fraction of sp³-hybridized carbons (Fsp3) is 0.421. The summed E-state index contributed by atoms with van der Waals surface area (Å²) in [5, 5.41) is 8.58. The molecule has 1 aromatic carbocycles. The van der Waals surface area contributed by atoms with Crippen LogP contribution in [0.4, 0.5) is 0 Å². The smallest absolute Gasteiger partial charge is 0.242 e. The second-order valence-electron chi connectivity index (χ2n) is 6.03. The minimum atomic E-state index is -0.233. The summed E-state index contributed by atoms with van der Waals surface area (Å²) >= 11 is 0. The van der Waals surface area contributed by atoms with E-state index in [9.17, 15) is 9.59 Å². The Labute approximate surface area is 154 Å². The molecule has 0 unspecified atom stereocenters. The van der Waals surface area contributed by atoms with Gasteiger partial charge in [-0.25, -0.2) is 0 Å². The predicted molar refractivity (Wildman–Crippen MR) is 103 cm³/mol. The minimum absolute atomic E-state index is 0.00351. The molecule has 140 valence electrons. The van der Waals surface area contributed by atoms with Gasteiger partial charge in [0.1, 0.15) is 5.84 Å². The molecule has 0 aromatic heterocycles. The number of amidine groups is 1. The summed E-state index contributed by atoms with van der Waals surface area (Å²) in [7, 11) is 0. The van der Waals surface area contributed by atoms with Crippen LogP contribution >= 0.6 is 0 Å². The summed E-state index contributed by atoms with van der Waals surface area (Å²) in [5.74, 6) is 0.600. The lowest BCUT2D eigenvalue weighted by Crippen LogP contribution is -2.42. The second kappa shape index (κ2) is 10.2. The molecular weight excluding hydrogens is 330 g/mol. The first-order chi connectivity index (χ1) is 12.6. The van der Waals surface area contributed by atoms with Crippen molar-refractivity contribution in [1.82, 2.24) is 20.9 Å². The van der Waals surface area contributed by atoms with Gasteiger partial charge in [-0.2, -0.15) is 0 Å². The molecule has 0 fully saturated rings. The van der Waals surface area contributed by atoms with Crippen LogP contribution in [0.1, 0.15) is 24.5 Å². The lowest BCUT2D eigenvalue weighted by molar-refractivity contribution is -0.133. The topological polar surface area (TPSA) is 85.8 Å². The van der Waals surface area contributed by atoms with Gasteiger partial charge in [-0.1, -0.05) is 37.8 Å². The number of benzene rings is 1. The van der Waals surface area contributed by atoms with Gasteiger partial charge in [-0.05, 0) is 18.2 Å². The number of hydrogen-bond donors (Lipinski definition) is 3. The van der Waals surface area contributed by atoms with E-state index in [2.05, 4.69) is 27.5 Å². The zero-order valence-corrected chi connectivity index (χ0v) is 15.3. The average Bonchev–Trinajstić information content (AvgIpc) is 3.19. The minimum Gasteiger partial charge on any atom is -0.383 e. The number of carbonyl (C=O) groups is 2. The third-order valence-corrected chi connectivity index (χ3v) is 3.96. The third-order valence-electron chi connectivity index (χ3n) is 3.96. The lowest BCUT2D eigenvalue weighted by atomic mass is 10.1. The molecule has 2 rings (SSSR count). The van der Waals surface area contributed by atoms with E-state index >= 15 is 0 Å². The van der Waals surface area contributed by atoms with Crippen molar-refractivity contribution in [3.63, 3.8) is 0 Å². The first-order valence-electron chi connectivity index (χ1n) is 8.90. The number of rotatable bonds is 10. The second-order valence-corrected chi connectivity index (χ2v) is 6.03. The molecule has 1 heterocycles. The highest BCUT2D eigenvalue weighted by Crippen LogP contribution is 2.10. The number of nitrogens with zero attached hydrogens (tertiary/aromatic N) is 2. The molecule has 0 aliphatic carbocycles. The van der Waals surface area contributed by atoms with Crippen molar-refractivity contribution in [3.8, 4) is 0 Å². The molecule has 26 heavy (non-hydrogen) atoms. The summed E-state index contributed by atoms with van der Waals surface area (Å²) in [6, 6.07) is 8.06. The van der Waals surface area contributed by atoms with Gasteiger partial charge < -0.3 is 20.9 Å². The first-order valence-corrected chi connectivity index (χ1v) is 8.90. The van der Waals surface area contributed by atoms with Crippen LogP contribution in [0.15, 0.2) is 42.0 Å². The van der Waals surface area contributed by atoms with Crippen LogP contribution < -0.4 is 16.0 Å². The maximum Gasteiger partial charge on any atom is 0.242 e. The zero-order valence-electron chi connectivity index (χ0n) is 15.3. The molecule has 0 bridgehead atoms. The van der Waals surface area contributed by atoms with Gasteiger partial charge in [0, 0.05) is 25.2 Å². The van der Waals surface area contributed by atoms with Crippen LogP contribution in [0.25, 0.3) is 0 Å². The highest BCUT2D eigenvalue weighted by molar-refractivity contribution is 5.99. The number of hydrogen-bond acceptors (Lipinski definition) is 5. The predicted octanol–water partition coefficient (Wildman–Crippen LogP) is 0.624. The fourth-order valence-electron chi connectivity index (χ4n) is 2.65. The molecule has 1 aromatic rings. The highest BCUT2D eigenvalue weighted by Gasteiger charge is 2.15. The maximum atomic E-state index is 12.4. The Morgan fingerprint density at radius 3 is 2.69 bits per heavy atom. The van der Waals surface area contributed by atoms with Crippen molar-refractivity contribution in [1.29, 1.82) is 0 Å². The van der Waals surface area contributed by atoms with Crippen molar-refractivity contribution in [2.45, 2.75) is 19.9 Å². The van der Waals surface area contributed by atoms with Gasteiger partial charge in [0.05, 0.1) is 19.6 Å². The van der Waals surface area contributed by atoms with Crippen molar-refractivity contribution in [2.24, 2.45) is 4.99 Å². The van der Waals surface area contributed by atoms with Gasteiger partial charge in [0.2, 0.25) is 11.8 Å². The number of nitrogens with one attached hydrogen (secondary N) is 3. The van der Waals surface area contributed by atoms with Crippen molar-refractivity contribution >= 4 is 17.6 Å². The summed E-state index contributed by atoms with van der Waals surface area (Å²) in [4.78, 5) is 30.2. The van der Waals surface area contributed by atoms with Gasteiger partial charge in [-0.15, -0.1) is 0 Å². The van der Waals surface area contributed by atoms with Crippen LogP contribution in [-0.2, 0) is 16.1 Å². The molecule has 7 heteroatoms. The Morgan fingerprint density at radius 1 is 1.31 bits per heavy atom. The van der Waals surface area contributed by atoms with Crippen LogP contribution in [0, 0.1) is 0 Å². The molecule has 0 atom stereocenters. The monoisotopic (exact) mass is 357 g/mol. The molecule has 1 aliphatic rings. The molecule has 7 nitrogen and oxygen atoms in total. The summed E-state index contributed by atoms with van der Waals surface area (Å²) in [6.07, 6.45) is 2.30. The van der Waals surface area contributed by atoms with E-state index in [0.717, 1.165) is 36.5 Å². The highest BCUT2D eigenvalue weighted by atomic mass is 16.2. The normalized spacial score (nSPS) is 12.7. The van der Waals surface area contributed by atoms with Crippen molar-refractivity contribution < 1.29 is 9.59 Å². The molecule has 1 aliphatic heterocycles. The van der Waals surface area contributed by atoms with Gasteiger partial charge in [-0.3, -0.25) is 14.6 Å². The van der Waals surface area contributed by atoms with Crippen molar-refractivity contribution in [3.05, 3.63) is 48.2 Å². The summed E-state index contributed by atoms with van der Waals surface area (Å²) < 4.78 is 0.